The highest BCUT2D eigenvalue weighted by atomic mass is 16.2. The zero-order valence-corrected chi connectivity index (χ0v) is 6.12. The zero-order valence-electron chi connectivity index (χ0n) is 6.12. The molecule has 0 amide bonds. The minimum absolute atomic E-state index is 0.250. The SMILES string of the molecule is C1=CC=CNC=C1.CCO. The lowest BCUT2D eigenvalue weighted by Crippen LogP contribution is -1.87. The Morgan fingerprint density at radius 3 is 1.90 bits per heavy atom. The molecule has 1 rings (SSSR count). The van der Waals surface area contributed by atoms with Crippen LogP contribution in [0.2, 0.25) is 0 Å². The molecule has 1 aliphatic rings. The number of hydrogen-bond donors (Lipinski definition) is 2. The lowest BCUT2D eigenvalue weighted by Gasteiger charge is -1.79. The molecule has 0 spiro atoms. The van der Waals surface area contributed by atoms with E-state index in [0.717, 1.165) is 0 Å². The summed E-state index contributed by atoms with van der Waals surface area (Å²) < 4.78 is 0. The van der Waals surface area contributed by atoms with Gasteiger partial charge in [0.15, 0.2) is 0 Å². The summed E-state index contributed by atoms with van der Waals surface area (Å²) >= 11 is 0. The Morgan fingerprint density at radius 2 is 1.50 bits per heavy atom. The molecule has 1 aliphatic heterocycles. The summed E-state index contributed by atoms with van der Waals surface area (Å²) in [5.74, 6) is 0. The Labute approximate surface area is 61.6 Å². The number of allylic oxidation sites excluding steroid dienone is 4. The Balaban J connectivity index is 0.000000236. The van der Waals surface area contributed by atoms with Crippen LogP contribution in [0.3, 0.4) is 0 Å². The molecule has 0 aliphatic carbocycles. The van der Waals surface area contributed by atoms with Crippen molar-refractivity contribution in [1.29, 1.82) is 0 Å². The highest BCUT2D eigenvalue weighted by Crippen LogP contribution is 1.81. The molecule has 0 saturated heterocycles. The molecule has 0 fully saturated rings. The average molecular weight is 139 g/mol. The van der Waals surface area contributed by atoms with Gasteiger partial charge in [0.1, 0.15) is 0 Å². The van der Waals surface area contributed by atoms with E-state index in [0.29, 0.717) is 0 Å². The van der Waals surface area contributed by atoms with E-state index < -0.39 is 0 Å². The van der Waals surface area contributed by atoms with E-state index in [1.54, 1.807) is 6.92 Å². The second-order valence-electron chi connectivity index (χ2n) is 1.59. The fourth-order valence-corrected chi connectivity index (χ4v) is 0.406. The summed E-state index contributed by atoms with van der Waals surface area (Å²) in [6.07, 6.45) is 11.6. The van der Waals surface area contributed by atoms with E-state index in [9.17, 15) is 0 Å². The van der Waals surface area contributed by atoms with Gasteiger partial charge in [-0.15, -0.1) is 0 Å². The summed E-state index contributed by atoms with van der Waals surface area (Å²) in [7, 11) is 0. The second kappa shape index (κ2) is 7.98. The van der Waals surface area contributed by atoms with Crippen molar-refractivity contribution in [2.75, 3.05) is 6.61 Å². The van der Waals surface area contributed by atoms with Gasteiger partial charge in [-0.25, -0.2) is 0 Å². The van der Waals surface area contributed by atoms with Gasteiger partial charge in [0.25, 0.3) is 0 Å². The van der Waals surface area contributed by atoms with Crippen LogP contribution < -0.4 is 5.32 Å². The van der Waals surface area contributed by atoms with Crippen LogP contribution >= 0.6 is 0 Å². The maximum atomic E-state index is 7.57. The Bertz CT molecular complexity index is 122. The van der Waals surface area contributed by atoms with Crippen LogP contribution in [0.5, 0.6) is 0 Å². The smallest absolute Gasteiger partial charge is 0.0402 e. The highest BCUT2D eigenvalue weighted by Gasteiger charge is 1.67. The number of rotatable bonds is 0. The van der Waals surface area contributed by atoms with Gasteiger partial charge in [-0.05, 0) is 19.1 Å². The third-order valence-corrected chi connectivity index (χ3v) is 0.718. The summed E-state index contributed by atoms with van der Waals surface area (Å²) in [4.78, 5) is 0. The van der Waals surface area contributed by atoms with Crippen molar-refractivity contribution in [1.82, 2.24) is 5.32 Å². The van der Waals surface area contributed by atoms with Crippen LogP contribution in [0, 0.1) is 0 Å². The first-order chi connectivity index (χ1) is 4.91. The van der Waals surface area contributed by atoms with Crippen LogP contribution in [-0.2, 0) is 0 Å². The maximum absolute atomic E-state index is 7.57. The highest BCUT2D eigenvalue weighted by molar-refractivity contribution is 5.14. The van der Waals surface area contributed by atoms with Crippen molar-refractivity contribution >= 4 is 0 Å². The molecule has 0 unspecified atom stereocenters. The fraction of sp³-hybridized carbons (Fsp3) is 0.250. The number of nitrogens with one attached hydrogen (secondary N) is 1. The lowest BCUT2D eigenvalue weighted by molar-refractivity contribution is 0.318. The van der Waals surface area contributed by atoms with Crippen molar-refractivity contribution in [3.63, 3.8) is 0 Å². The molecule has 0 saturated carbocycles. The van der Waals surface area contributed by atoms with Gasteiger partial charge in [0.2, 0.25) is 0 Å². The Morgan fingerprint density at radius 1 is 1.10 bits per heavy atom. The minimum Gasteiger partial charge on any atom is -0.397 e. The fourth-order valence-electron chi connectivity index (χ4n) is 0.406. The quantitative estimate of drug-likeness (QED) is 0.528. The molecule has 0 aromatic heterocycles. The van der Waals surface area contributed by atoms with Crippen molar-refractivity contribution in [3.05, 3.63) is 36.7 Å². The van der Waals surface area contributed by atoms with E-state index >= 15 is 0 Å². The molecule has 56 valence electrons. The van der Waals surface area contributed by atoms with Gasteiger partial charge in [-0.2, -0.15) is 0 Å². The van der Waals surface area contributed by atoms with Crippen molar-refractivity contribution < 1.29 is 5.11 Å². The second-order valence-corrected chi connectivity index (χ2v) is 1.59. The molecule has 2 N–H and O–H groups in total. The van der Waals surface area contributed by atoms with Crippen molar-refractivity contribution in [2.45, 2.75) is 6.92 Å². The van der Waals surface area contributed by atoms with Crippen molar-refractivity contribution in [2.24, 2.45) is 0 Å². The lowest BCUT2D eigenvalue weighted by atomic mass is 10.5. The molecule has 10 heavy (non-hydrogen) atoms. The predicted molar refractivity (Wildman–Crippen MR) is 43.3 cm³/mol. The Hall–Kier alpha value is -1.02. The van der Waals surface area contributed by atoms with E-state index in [-0.39, 0.29) is 6.61 Å². The monoisotopic (exact) mass is 139 g/mol. The summed E-state index contributed by atoms with van der Waals surface area (Å²) in [6, 6.07) is 0. The van der Waals surface area contributed by atoms with E-state index in [1.165, 1.54) is 0 Å². The standard InChI is InChI=1S/C6H7N.C2H6O/c1-2-4-6-7-5-3-1;1-2-3/h1-7H;3H,2H2,1H3. The van der Waals surface area contributed by atoms with Crippen LogP contribution in [0.25, 0.3) is 0 Å². The molecule has 1 heterocycles. The third kappa shape index (κ3) is 6.98. The minimum atomic E-state index is 0.250. The normalized spacial score (nSPS) is 13.0. The molecule has 0 atom stereocenters. The van der Waals surface area contributed by atoms with Gasteiger partial charge in [0, 0.05) is 19.0 Å². The topological polar surface area (TPSA) is 32.3 Å². The molecule has 0 aromatic rings. The molecular weight excluding hydrogens is 126 g/mol. The first-order valence-corrected chi connectivity index (χ1v) is 3.27. The Kier molecular flexibility index (Phi) is 7.17. The number of aliphatic hydroxyl groups is 1. The van der Waals surface area contributed by atoms with Gasteiger partial charge in [-0.1, -0.05) is 12.2 Å². The molecule has 2 heteroatoms. The molecule has 2 nitrogen and oxygen atoms in total. The van der Waals surface area contributed by atoms with E-state index in [4.69, 9.17) is 5.11 Å². The first-order valence-electron chi connectivity index (χ1n) is 3.27. The van der Waals surface area contributed by atoms with Crippen LogP contribution in [0.1, 0.15) is 6.92 Å². The van der Waals surface area contributed by atoms with E-state index in [1.807, 2.05) is 36.7 Å². The third-order valence-electron chi connectivity index (χ3n) is 0.718. The average Bonchev–Trinajstić information content (AvgIpc) is 2.17. The first kappa shape index (κ1) is 8.98. The zero-order chi connectivity index (χ0) is 7.66. The molecule has 0 aromatic carbocycles. The van der Waals surface area contributed by atoms with E-state index in [2.05, 4.69) is 5.32 Å². The van der Waals surface area contributed by atoms with Gasteiger partial charge in [-0.3, -0.25) is 0 Å². The number of aliphatic hydroxyl groups excluding tert-OH is 1. The van der Waals surface area contributed by atoms with Crippen molar-refractivity contribution in [3.8, 4) is 0 Å². The summed E-state index contributed by atoms with van der Waals surface area (Å²) in [5, 5.41) is 10.5. The van der Waals surface area contributed by atoms with Gasteiger partial charge in [0.05, 0.1) is 0 Å². The van der Waals surface area contributed by atoms with Crippen LogP contribution in [0.4, 0.5) is 0 Å². The molecular formula is C8H13NO. The number of hydrogen-bond acceptors (Lipinski definition) is 2. The van der Waals surface area contributed by atoms with Gasteiger partial charge >= 0.3 is 0 Å². The van der Waals surface area contributed by atoms with Crippen LogP contribution in [-0.4, -0.2) is 11.7 Å². The van der Waals surface area contributed by atoms with Gasteiger partial charge < -0.3 is 10.4 Å². The molecule has 0 radical (unpaired) electrons. The summed E-state index contributed by atoms with van der Waals surface area (Å²) in [5.41, 5.74) is 0. The predicted octanol–water partition coefficient (Wildman–Crippen LogP) is 1.17. The largest absolute Gasteiger partial charge is 0.397 e. The summed E-state index contributed by atoms with van der Waals surface area (Å²) in [6.45, 7) is 1.93. The maximum Gasteiger partial charge on any atom is 0.0402 e. The van der Waals surface area contributed by atoms with Crippen LogP contribution in [0.15, 0.2) is 36.7 Å². The molecule has 0 bridgehead atoms.